The molecule has 12 heavy (non-hydrogen) atoms. The molecule has 0 aliphatic carbocycles. The van der Waals surface area contributed by atoms with Crippen molar-refractivity contribution in [2.75, 3.05) is 19.8 Å². The van der Waals surface area contributed by atoms with E-state index in [9.17, 15) is 0 Å². The summed E-state index contributed by atoms with van der Waals surface area (Å²) in [5.41, 5.74) is 6.33. The second kappa shape index (κ2) is 3.06. The summed E-state index contributed by atoms with van der Waals surface area (Å²) in [5.74, 6) is 0.686. The van der Waals surface area contributed by atoms with E-state index in [1.165, 1.54) is 0 Å². The van der Waals surface area contributed by atoms with E-state index in [-0.39, 0.29) is 6.10 Å². The molecule has 0 atom stereocenters. The lowest BCUT2D eigenvalue weighted by atomic mass is 10.3. The van der Waals surface area contributed by atoms with Crippen LogP contribution in [0.15, 0.2) is 23.7 Å². The van der Waals surface area contributed by atoms with Gasteiger partial charge in [0.15, 0.2) is 0 Å². The molecule has 3 N–H and O–H groups in total. The zero-order chi connectivity index (χ0) is 8.39. The Bertz CT molecular complexity index is 231. The van der Waals surface area contributed by atoms with Crippen LogP contribution >= 0.6 is 0 Å². The Kier molecular flexibility index (Phi) is 1.91. The third-order valence-corrected chi connectivity index (χ3v) is 1.83. The fraction of sp³-hybridized carbons (Fsp3) is 0.500. The van der Waals surface area contributed by atoms with E-state index >= 15 is 0 Å². The number of hydrogen-bond donors (Lipinski definition) is 2. The van der Waals surface area contributed by atoms with E-state index in [4.69, 9.17) is 15.2 Å². The molecule has 0 spiro atoms. The zero-order valence-corrected chi connectivity index (χ0v) is 6.75. The predicted octanol–water partition coefficient (Wildman–Crippen LogP) is -0.311. The van der Waals surface area contributed by atoms with Gasteiger partial charge in [-0.25, -0.2) is 0 Å². The zero-order valence-electron chi connectivity index (χ0n) is 6.75. The van der Waals surface area contributed by atoms with E-state index < -0.39 is 0 Å². The Morgan fingerprint density at radius 1 is 1.58 bits per heavy atom. The van der Waals surface area contributed by atoms with Gasteiger partial charge in [-0.15, -0.1) is 0 Å². The van der Waals surface area contributed by atoms with Gasteiger partial charge in [-0.3, -0.25) is 0 Å². The number of dihydropyridines is 1. The summed E-state index contributed by atoms with van der Waals surface area (Å²) in [6.07, 6.45) is 3.99. The number of rotatable bonds is 2. The molecular weight excluding hydrogens is 156 g/mol. The van der Waals surface area contributed by atoms with E-state index in [0.29, 0.717) is 24.8 Å². The number of hydrogen-bond acceptors (Lipinski definition) is 4. The lowest BCUT2D eigenvalue weighted by molar-refractivity contribution is -0.111. The van der Waals surface area contributed by atoms with Crippen molar-refractivity contribution in [1.82, 2.24) is 5.32 Å². The maximum absolute atomic E-state index is 5.67. The summed E-state index contributed by atoms with van der Waals surface area (Å²) < 4.78 is 10.5. The molecule has 1 saturated heterocycles. The summed E-state index contributed by atoms with van der Waals surface area (Å²) in [6.45, 7) is 2.12. The Balaban J connectivity index is 1.96. The largest absolute Gasteiger partial charge is 0.469 e. The lowest BCUT2D eigenvalue weighted by Crippen LogP contribution is -2.39. The standard InChI is InChI=1S/C8H12N2O2/c9-7-2-1-3-10-8(7)12-6-4-11-5-6/h1-2,6,10H,3-5,9H2. The highest BCUT2D eigenvalue weighted by molar-refractivity contribution is 5.22. The van der Waals surface area contributed by atoms with Crippen molar-refractivity contribution in [3.05, 3.63) is 23.7 Å². The third kappa shape index (κ3) is 1.38. The van der Waals surface area contributed by atoms with Crippen LogP contribution in [0, 0.1) is 0 Å². The van der Waals surface area contributed by atoms with E-state index in [1.54, 1.807) is 0 Å². The lowest BCUT2D eigenvalue weighted by Gasteiger charge is -2.29. The SMILES string of the molecule is NC1=C(OC2COC2)NCC=C1. The van der Waals surface area contributed by atoms with Gasteiger partial charge in [-0.05, 0) is 6.08 Å². The van der Waals surface area contributed by atoms with E-state index in [0.717, 1.165) is 6.54 Å². The summed E-state index contributed by atoms with van der Waals surface area (Å²) in [7, 11) is 0. The molecule has 0 aromatic carbocycles. The van der Waals surface area contributed by atoms with Gasteiger partial charge < -0.3 is 20.5 Å². The monoisotopic (exact) mass is 168 g/mol. The van der Waals surface area contributed by atoms with Crippen LogP contribution in [0.25, 0.3) is 0 Å². The minimum Gasteiger partial charge on any atom is -0.469 e. The summed E-state index contributed by atoms with van der Waals surface area (Å²) in [5, 5.41) is 3.06. The average Bonchev–Trinajstić information content (AvgIpc) is 2.00. The highest BCUT2D eigenvalue weighted by atomic mass is 16.6. The fourth-order valence-corrected chi connectivity index (χ4v) is 1.07. The highest BCUT2D eigenvalue weighted by Crippen LogP contribution is 2.12. The van der Waals surface area contributed by atoms with Crippen LogP contribution in [-0.2, 0) is 9.47 Å². The van der Waals surface area contributed by atoms with Crippen LogP contribution in [0.1, 0.15) is 0 Å². The molecule has 0 aromatic rings. The molecule has 2 rings (SSSR count). The molecule has 0 saturated carbocycles. The number of nitrogens with two attached hydrogens (primary N) is 1. The van der Waals surface area contributed by atoms with Crippen LogP contribution in [-0.4, -0.2) is 25.9 Å². The normalized spacial score (nSPS) is 23.3. The average molecular weight is 168 g/mol. The van der Waals surface area contributed by atoms with Gasteiger partial charge in [0.1, 0.15) is 6.10 Å². The quantitative estimate of drug-likeness (QED) is 0.594. The van der Waals surface area contributed by atoms with E-state index in [1.807, 2.05) is 12.2 Å². The Morgan fingerprint density at radius 3 is 3.00 bits per heavy atom. The molecule has 4 nitrogen and oxygen atoms in total. The Labute approximate surface area is 71.0 Å². The second-order valence-corrected chi connectivity index (χ2v) is 2.85. The number of nitrogens with one attached hydrogen (secondary N) is 1. The maximum Gasteiger partial charge on any atom is 0.211 e. The molecule has 2 heterocycles. The first kappa shape index (κ1) is 7.49. The second-order valence-electron chi connectivity index (χ2n) is 2.85. The van der Waals surface area contributed by atoms with Crippen molar-refractivity contribution >= 4 is 0 Å². The molecule has 66 valence electrons. The first-order chi connectivity index (χ1) is 5.86. The molecular formula is C8H12N2O2. The van der Waals surface area contributed by atoms with E-state index in [2.05, 4.69) is 5.32 Å². The molecule has 0 unspecified atom stereocenters. The van der Waals surface area contributed by atoms with Crippen LogP contribution < -0.4 is 11.1 Å². The van der Waals surface area contributed by atoms with Gasteiger partial charge in [0.25, 0.3) is 0 Å². The van der Waals surface area contributed by atoms with Crippen molar-refractivity contribution < 1.29 is 9.47 Å². The number of ether oxygens (including phenoxy) is 2. The fourth-order valence-electron chi connectivity index (χ4n) is 1.07. The molecule has 4 heteroatoms. The first-order valence-corrected chi connectivity index (χ1v) is 4.01. The van der Waals surface area contributed by atoms with Gasteiger partial charge in [-0.2, -0.15) is 0 Å². The molecule has 0 aromatic heterocycles. The van der Waals surface area contributed by atoms with Gasteiger partial charge in [0.2, 0.25) is 5.88 Å². The van der Waals surface area contributed by atoms with Crippen LogP contribution in [0.5, 0.6) is 0 Å². The predicted molar refractivity (Wildman–Crippen MR) is 44.0 cm³/mol. The molecule has 1 fully saturated rings. The molecule has 0 radical (unpaired) electrons. The van der Waals surface area contributed by atoms with Crippen molar-refractivity contribution in [2.24, 2.45) is 5.73 Å². The molecule has 2 aliphatic heterocycles. The van der Waals surface area contributed by atoms with Gasteiger partial charge >= 0.3 is 0 Å². The van der Waals surface area contributed by atoms with Crippen LogP contribution in [0.4, 0.5) is 0 Å². The molecule has 0 bridgehead atoms. The van der Waals surface area contributed by atoms with Crippen LogP contribution in [0.3, 0.4) is 0 Å². The smallest absolute Gasteiger partial charge is 0.211 e. The summed E-state index contributed by atoms with van der Waals surface area (Å²) in [4.78, 5) is 0. The Morgan fingerprint density at radius 2 is 2.42 bits per heavy atom. The minimum absolute atomic E-state index is 0.178. The minimum atomic E-state index is 0.178. The van der Waals surface area contributed by atoms with Crippen molar-refractivity contribution in [3.8, 4) is 0 Å². The topological polar surface area (TPSA) is 56.5 Å². The molecule has 0 amide bonds. The van der Waals surface area contributed by atoms with Crippen molar-refractivity contribution in [3.63, 3.8) is 0 Å². The van der Waals surface area contributed by atoms with Crippen molar-refractivity contribution in [2.45, 2.75) is 6.10 Å². The summed E-state index contributed by atoms with van der Waals surface area (Å²) in [6, 6.07) is 0. The third-order valence-electron chi connectivity index (χ3n) is 1.83. The van der Waals surface area contributed by atoms with Gasteiger partial charge in [-0.1, -0.05) is 6.08 Å². The van der Waals surface area contributed by atoms with Crippen molar-refractivity contribution in [1.29, 1.82) is 0 Å². The first-order valence-electron chi connectivity index (χ1n) is 4.01. The highest BCUT2D eigenvalue weighted by Gasteiger charge is 2.22. The number of allylic oxidation sites excluding steroid dienone is 1. The Hall–Kier alpha value is -1.16. The maximum atomic E-state index is 5.67. The summed E-state index contributed by atoms with van der Waals surface area (Å²) >= 11 is 0. The van der Waals surface area contributed by atoms with Gasteiger partial charge in [0, 0.05) is 6.54 Å². The van der Waals surface area contributed by atoms with Crippen LogP contribution in [0.2, 0.25) is 0 Å². The molecule has 2 aliphatic rings. The van der Waals surface area contributed by atoms with Gasteiger partial charge in [0.05, 0.1) is 18.9 Å².